The lowest BCUT2D eigenvalue weighted by atomic mass is 10.0. The Balaban J connectivity index is 0.00000249. The van der Waals surface area contributed by atoms with E-state index >= 15 is 0 Å². The van der Waals surface area contributed by atoms with Crippen LogP contribution in [-0.4, -0.2) is 44.2 Å². The molecule has 1 aliphatic heterocycles. The number of hydrogen-bond acceptors (Lipinski definition) is 6. The zero-order valence-electron chi connectivity index (χ0n) is 19.4. The summed E-state index contributed by atoms with van der Waals surface area (Å²) in [6.45, 7) is 15.9. The first kappa shape index (κ1) is 27.7. The molecule has 9 heteroatoms. The van der Waals surface area contributed by atoms with Crippen molar-refractivity contribution in [3.8, 4) is 5.75 Å². The predicted octanol–water partition coefficient (Wildman–Crippen LogP) is 3.78. The van der Waals surface area contributed by atoms with Crippen molar-refractivity contribution in [3.05, 3.63) is 73.2 Å². The third kappa shape index (κ3) is 5.70. The number of ether oxygens (including phenoxy) is 1. The number of rotatable bonds is 7. The number of sulfonamides is 1. The van der Waals surface area contributed by atoms with Crippen molar-refractivity contribution in [2.75, 3.05) is 12.3 Å². The van der Waals surface area contributed by atoms with E-state index in [-0.39, 0.29) is 22.9 Å². The maximum absolute atomic E-state index is 13.3. The topological polar surface area (TPSA) is 107 Å². The predicted molar refractivity (Wildman–Crippen MR) is 130 cm³/mol. The van der Waals surface area contributed by atoms with Gasteiger partial charge in [0.05, 0.1) is 21.4 Å². The van der Waals surface area contributed by atoms with Gasteiger partial charge in [-0.2, -0.15) is 4.31 Å². The first-order valence-corrected chi connectivity index (χ1v) is 13.4. The standard InChI is InChI=1S/C21H28N2O5S2.C2H6/c1-6-8-17(9-7-2)28-18-10-12-19(13-11-18)30(26,27)23-14-15-29(24,25)21(4,5)20(23)16(3)22;1-2/h6-13,20H,1,3,14-15,22H2,2,4-5H3;1-2H3/b9-7-,17-8+;/t20-;/m0./s1. The van der Waals surface area contributed by atoms with Crippen LogP contribution in [0.25, 0.3) is 0 Å². The summed E-state index contributed by atoms with van der Waals surface area (Å²) < 4.78 is 57.1. The molecular formula is C23H34N2O5S2. The van der Waals surface area contributed by atoms with E-state index in [9.17, 15) is 16.8 Å². The minimum atomic E-state index is -4.02. The quantitative estimate of drug-likeness (QED) is 0.468. The van der Waals surface area contributed by atoms with Crippen LogP contribution in [0.4, 0.5) is 0 Å². The van der Waals surface area contributed by atoms with Crippen molar-refractivity contribution in [2.45, 2.75) is 50.3 Å². The van der Waals surface area contributed by atoms with Gasteiger partial charge in [-0.25, -0.2) is 16.8 Å². The first-order chi connectivity index (χ1) is 14.9. The minimum Gasteiger partial charge on any atom is -0.457 e. The zero-order chi connectivity index (χ0) is 24.7. The molecular weight excluding hydrogens is 448 g/mol. The highest BCUT2D eigenvalue weighted by Gasteiger charge is 2.52. The molecule has 0 unspecified atom stereocenters. The average Bonchev–Trinajstić information content (AvgIpc) is 2.71. The summed E-state index contributed by atoms with van der Waals surface area (Å²) in [5.74, 6) is 0.704. The maximum Gasteiger partial charge on any atom is 0.243 e. The molecule has 0 spiro atoms. The maximum atomic E-state index is 13.3. The summed E-state index contributed by atoms with van der Waals surface area (Å²) in [7, 11) is -7.56. The van der Waals surface area contributed by atoms with Gasteiger partial charge < -0.3 is 10.5 Å². The Kier molecular flexibility index (Phi) is 9.50. The van der Waals surface area contributed by atoms with E-state index in [2.05, 4.69) is 13.2 Å². The van der Waals surface area contributed by atoms with Gasteiger partial charge in [-0.15, -0.1) is 0 Å². The molecule has 32 heavy (non-hydrogen) atoms. The molecule has 1 aliphatic rings. The monoisotopic (exact) mass is 482 g/mol. The van der Waals surface area contributed by atoms with E-state index in [1.807, 2.05) is 20.8 Å². The molecule has 2 N–H and O–H groups in total. The second kappa shape index (κ2) is 11.0. The van der Waals surface area contributed by atoms with Crippen LogP contribution in [0.15, 0.2) is 78.1 Å². The number of benzene rings is 1. The van der Waals surface area contributed by atoms with E-state index in [1.165, 1.54) is 38.1 Å². The van der Waals surface area contributed by atoms with Gasteiger partial charge in [-0.3, -0.25) is 0 Å². The second-order valence-corrected chi connectivity index (χ2v) is 12.0. The number of nitrogens with zero attached hydrogens (tertiary/aromatic N) is 1. The summed E-state index contributed by atoms with van der Waals surface area (Å²) in [5, 5.41) is 0. The molecule has 0 amide bonds. The summed E-state index contributed by atoms with van der Waals surface area (Å²) >= 11 is 0. The minimum absolute atomic E-state index is 0.0106. The molecule has 1 saturated heterocycles. The summed E-state index contributed by atoms with van der Waals surface area (Å²) in [6.07, 6.45) is 6.82. The van der Waals surface area contributed by atoms with Crippen LogP contribution in [-0.2, 0) is 19.9 Å². The SMILES string of the molecule is C=C/C=C(\C=C/C)Oc1ccc(S(=O)(=O)N2CCS(=O)(=O)C(C)(C)[C@@H]2C(=C)N)cc1.CC. The van der Waals surface area contributed by atoms with Crippen LogP contribution < -0.4 is 10.5 Å². The second-order valence-electron chi connectivity index (χ2n) is 7.39. The van der Waals surface area contributed by atoms with Gasteiger partial charge in [0.25, 0.3) is 0 Å². The normalized spacial score (nSPS) is 20.8. The van der Waals surface area contributed by atoms with Crippen molar-refractivity contribution < 1.29 is 21.6 Å². The number of nitrogens with two attached hydrogens (primary N) is 1. The number of sulfone groups is 1. The van der Waals surface area contributed by atoms with E-state index < -0.39 is 30.6 Å². The van der Waals surface area contributed by atoms with Crippen molar-refractivity contribution in [1.29, 1.82) is 0 Å². The average molecular weight is 483 g/mol. The van der Waals surface area contributed by atoms with Gasteiger partial charge in [0.15, 0.2) is 9.84 Å². The molecule has 178 valence electrons. The Morgan fingerprint density at radius 3 is 2.28 bits per heavy atom. The Morgan fingerprint density at radius 2 is 1.81 bits per heavy atom. The van der Waals surface area contributed by atoms with Crippen LogP contribution in [0.5, 0.6) is 5.75 Å². The highest BCUT2D eigenvalue weighted by molar-refractivity contribution is 7.93. The summed E-state index contributed by atoms with van der Waals surface area (Å²) in [4.78, 5) is 0.0106. The molecule has 2 rings (SSSR count). The van der Waals surface area contributed by atoms with E-state index in [4.69, 9.17) is 10.5 Å². The smallest absolute Gasteiger partial charge is 0.243 e. The summed E-state index contributed by atoms with van der Waals surface area (Å²) in [6, 6.07) is 4.82. The molecule has 7 nitrogen and oxygen atoms in total. The molecule has 1 atom stereocenters. The van der Waals surface area contributed by atoms with Gasteiger partial charge in [-0.05, 0) is 57.2 Å². The zero-order valence-corrected chi connectivity index (χ0v) is 21.0. The number of hydrogen-bond donors (Lipinski definition) is 1. The van der Waals surface area contributed by atoms with Crippen LogP contribution in [0.1, 0.15) is 34.6 Å². The highest BCUT2D eigenvalue weighted by atomic mass is 32.2. The van der Waals surface area contributed by atoms with E-state index in [0.717, 1.165) is 4.31 Å². The van der Waals surface area contributed by atoms with Crippen molar-refractivity contribution in [2.24, 2.45) is 5.73 Å². The molecule has 0 bridgehead atoms. The van der Waals surface area contributed by atoms with E-state index in [1.54, 1.807) is 24.3 Å². The Labute approximate surface area is 192 Å². The highest BCUT2D eigenvalue weighted by Crippen LogP contribution is 2.36. The third-order valence-electron chi connectivity index (χ3n) is 4.96. The van der Waals surface area contributed by atoms with Crippen LogP contribution in [0.2, 0.25) is 0 Å². The Bertz CT molecular complexity index is 1080. The van der Waals surface area contributed by atoms with Gasteiger partial charge in [-0.1, -0.05) is 39.2 Å². The molecule has 0 aromatic heterocycles. The molecule has 0 aliphatic carbocycles. The summed E-state index contributed by atoms with van der Waals surface area (Å²) in [5.41, 5.74) is 5.84. The van der Waals surface area contributed by atoms with Crippen LogP contribution in [0.3, 0.4) is 0 Å². The third-order valence-corrected chi connectivity index (χ3v) is 9.38. The van der Waals surface area contributed by atoms with Gasteiger partial charge in [0, 0.05) is 12.2 Å². The van der Waals surface area contributed by atoms with Crippen molar-refractivity contribution in [1.82, 2.24) is 4.31 Å². The Hall–Kier alpha value is -2.36. The fraction of sp³-hybridized carbons (Fsp3) is 0.391. The number of allylic oxidation sites excluding steroid dienone is 4. The molecule has 1 heterocycles. The lowest BCUT2D eigenvalue weighted by molar-refractivity contribution is 0.293. The lowest BCUT2D eigenvalue weighted by Gasteiger charge is -2.44. The van der Waals surface area contributed by atoms with E-state index in [0.29, 0.717) is 11.5 Å². The molecule has 1 aromatic carbocycles. The van der Waals surface area contributed by atoms with Gasteiger partial charge >= 0.3 is 0 Å². The van der Waals surface area contributed by atoms with Gasteiger partial charge in [0.2, 0.25) is 10.0 Å². The molecule has 1 aromatic rings. The van der Waals surface area contributed by atoms with Gasteiger partial charge in [0.1, 0.15) is 11.5 Å². The fourth-order valence-electron chi connectivity index (χ4n) is 3.36. The van der Waals surface area contributed by atoms with Crippen molar-refractivity contribution >= 4 is 19.9 Å². The van der Waals surface area contributed by atoms with Crippen LogP contribution >= 0.6 is 0 Å². The Morgan fingerprint density at radius 1 is 1.25 bits per heavy atom. The molecule has 0 radical (unpaired) electrons. The lowest BCUT2D eigenvalue weighted by Crippen LogP contribution is -2.63. The van der Waals surface area contributed by atoms with Crippen LogP contribution in [0, 0.1) is 0 Å². The molecule has 1 fully saturated rings. The molecule has 0 saturated carbocycles. The fourth-order valence-corrected chi connectivity index (χ4v) is 6.89. The van der Waals surface area contributed by atoms with Crippen molar-refractivity contribution in [3.63, 3.8) is 0 Å². The largest absolute Gasteiger partial charge is 0.457 e. The first-order valence-electron chi connectivity index (χ1n) is 10.3.